The zero-order chi connectivity index (χ0) is 16.2. The minimum Gasteiger partial charge on any atom is -0.444 e. The number of hydrogen-bond donors (Lipinski definition) is 2. The molecule has 1 saturated carbocycles. The van der Waals surface area contributed by atoms with E-state index in [2.05, 4.69) is 41.8 Å². The molecule has 22 heavy (non-hydrogen) atoms. The molecule has 2 unspecified atom stereocenters. The number of hydrogen-bond acceptors (Lipinski definition) is 3. The second-order valence-electron chi connectivity index (χ2n) is 7.19. The molecular formula is C18H28N2O2. The Morgan fingerprint density at radius 1 is 1.32 bits per heavy atom. The van der Waals surface area contributed by atoms with Crippen molar-refractivity contribution in [2.24, 2.45) is 5.92 Å². The van der Waals surface area contributed by atoms with Crippen LogP contribution in [0.15, 0.2) is 24.3 Å². The molecule has 122 valence electrons. The van der Waals surface area contributed by atoms with Crippen LogP contribution in [0.3, 0.4) is 0 Å². The van der Waals surface area contributed by atoms with Gasteiger partial charge in [-0.3, -0.25) is 0 Å². The molecule has 0 bridgehead atoms. The lowest BCUT2D eigenvalue weighted by atomic mass is 10.0. The zero-order valence-corrected chi connectivity index (χ0v) is 14.1. The highest BCUT2D eigenvalue weighted by Crippen LogP contribution is 2.28. The lowest BCUT2D eigenvalue weighted by Gasteiger charge is -2.24. The summed E-state index contributed by atoms with van der Waals surface area (Å²) in [5, 5.41) is 6.52. The van der Waals surface area contributed by atoms with Gasteiger partial charge in [-0.1, -0.05) is 18.6 Å². The van der Waals surface area contributed by atoms with Crippen LogP contribution in [0, 0.1) is 12.8 Å². The van der Waals surface area contributed by atoms with E-state index in [1.165, 1.54) is 12.0 Å². The van der Waals surface area contributed by atoms with Crippen molar-refractivity contribution in [1.29, 1.82) is 0 Å². The van der Waals surface area contributed by atoms with Crippen molar-refractivity contribution < 1.29 is 9.53 Å². The monoisotopic (exact) mass is 304 g/mol. The van der Waals surface area contributed by atoms with E-state index in [-0.39, 0.29) is 6.09 Å². The number of carbonyl (C=O) groups excluding carboxylic acids is 1. The third-order valence-electron chi connectivity index (χ3n) is 3.94. The Balaban J connectivity index is 1.84. The summed E-state index contributed by atoms with van der Waals surface area (Å²) >= 11 is 0. The number of aryl methyl sites for hydroxylation is 1. The SMILES string of the molecule is Cc1cccc(NC2CCCC2CNC(=O)OC(C)(C)C)c1. The van der Waals surface area contributed by atoms with Crippen LogP contribution in [0.1, 0.15) is 45.6 Å². The molecule has 1 aliphatic carbocycles. The Bertz CT molecular complexity index is 508. The van der Waals surface area contributed by atoms with Crippen LogP contribution in [0.4, 0.5) is 10.5 Å². The van der Waals surface area contributed by atoms with Crippen molar-refractivity contribution in [3.05, 3.63) is 29.8 Å². The predicted molar refractivity (Wildman–Crippen MR) is 90.2 cm³/mol. The number of alkyl carbamates (subject to hydrolysis) is 1. The van der Waals surface area contributed by atoms with Gasteiger partial charge in [-0.25, -0.2) is 4.79 Å². The number of anilines is 1. The molecule has 4 nitrogen and oxygen atoms in total. The molecular weight excluding hydrogens is 276 g/mol. The van der Waals surface area contributed by atoms with E-state index >= 15 is 0 Å². The number of nitrogens with one attached hydrogen (secondary N) is 2. The minimum atomic E-state index is -0.445. The highest BCUT2D eigenvalue weighted by atomic mass is 16.6. The van der Waals surface area contributed by atoms with E-state index in [1.54, 1.807) is 0 Å². The predicted octanol–water partition coefficient (Wildman–Crippen LogP) is 4.10. The molecule has 2 rings (SSSR count). The first kappa shape index (κ1) is 16.7. The van der Waals surface area contributed by atoms with Gasteiger partial charge in [0.15, 0.2) is 0 Å². The Hall–Kier alpha value is -1.71. The summed E-state index contributed by atoms with van der Waals surface area (Å²) in [6.07, 6.45) is 3.16. The van der Waals surface area contributed by atoms with E-state index in [9.17, 15) is 4.79 Å². The normalized spacial score (nSPS) is 21.5. The average molecular weight is 304 g/mol. The van der Waals surface area contributed by atoms with Crippen LogP contribution < -0.4 is 10.6 Å². The topological polar surface area (TPSA) is 50.4 Å². The molecule has 1 fully saturated rings. The molecule has 4 heteroatoms. The van der Waals surface area contributed by atoms with Crippen molar-refractivity contribution in [1.82, 2.24) is 5.32 Å². The van der Waals surface area contributed by atoms with E-state index < -0.39 is 5.60 Å². The quantitative estimate of drug-likeness (QED) is 0.880. The maximum Gasteiger partial charge on any atom is 0.407 e. The fraction of sp³-hybridized carbons (Fsp3) is 0.611. The van der Waals surface area contributed by atoms with E-state index in [1.807, 2.05) is 20.8 Å². The third-order valence-corrected chi connectivity index (χ3v) is 3.94. The van der Waals surface area contributed by atoms with E-state index in [0.717, 1.165) is 18.5 Å². The maximum atomic E-state index is 11.8. The number of ether oxygens (including phenoxy) is 1. The van der Waals surface area contributed by atoms with E-state index in [0.29, 0.717) is 18.5 Å². The maximum absolute atomic E-state index is 11.8. The van der Waals surface area contributed by atoms with Gasteiger partial charge in [0.1, 0.15) is 5.60 Å². The van der Waals surface area contributed by atoms with Crippen LogP contribution in [-0.4, -0.2) is 24.3 Å². The number of amides is 1. The molecule has 1 amide bonds. The lowest BCUT2D eigenvalue weighted by Crippen LogP contribution is -2.38. The first-order valence-electron chi connectivity index (χ1n) is 8.13. The average Bonchev–Trinajstić information content (AvgIpc) is 2.82. The van der Waals surface area contributed by atoms with Crippen molar-refractivity contribution in [3.63, 3.8) is 0 Å². The smallest absolute Gasteiger partial charge is 0.407 e. The standard InChI is InChI=1S/C18H28N2O2/c1-13-7-5-9-15(11-13)20-16-10-6-8-14(16)12-19-17(21)22-18(2,3)4/h5,7,9,11,14,16,20H,6,8,10,12H2,1-4H3,(H,19,21). The van der Waals surface area contributed by atoms with Gasteiger partial charge < -0.3 is 15.4 Å². The molecule has 0 aromatic heterocycles. The highest BCUT2D eigenvalue weighted by Gasteiger charge is 2.28. The van der Waals surface area contributed by atoms with Gasteiger partial charge in [-0.05, 0) is 64.2 Å². The summed E-state index contributed by atoms with van der Waals surface area (Å²) in [7, 11) is 0. The Labute approximate surface area is 133 Å². The molecule has 0 radical (unpaired) electrons. The molecule has 0 aliphatic heterocycles. The fourth-order valence-corrected chi connectivity index (χ4v) is 2.95. The van der Waals surface area contributed by atoms with Gasteiger partial charge in [-0.2, -0.15) is 0 Å². The largest absolute Gasteiger partial charge is 0.444 e. The van der Waals surface area contributed by atoms with Gasteiger partial charge in [0, 0.05) is 18.3 Å². The summed E-state index contributed by atoms with van der Waals surface area (Å²) in [4.78, 5) is 11.8. The molecule has 1 aliphatic rings. The lowest BCUT2D eigenvalue weighted by molar-refractivity contribution is 0.0519. The first-order chi connectivity index (χ1) is 10.3. The Morgan fingerprint density at radius 2 is 2.09 bits per heavy atom. The summed E-state index contributed by atoms with van der Waals surface area (Å²) in [5.74, 6) is 0.452. The zero-order valence-electron chi connectivity index (χ0n) is 14.1. The van der Waals surface area contributed by atoms with Gasteiger partial charge in [0.2, 0.25) is 0 Å². The van der Waals surface area contributed by atoms with Crippen LogP contribution in [0.2, 0.25) is 0 Å². The van der Waals surface area contributed by atoms with Crippen molar-refractivity contribution in [3.8, 4) is 0 Å². The van der Waals surface area contributed by atoms with Crippen LogP contribution >= 0.6 is 0 Å². The van der Waals surface area contributed by atoms with Crippen molar-refractivity contribution in [2.75, 3.05) is 11.9 Å². The molecule has 0 spiro atoms. The molecule has 2 atom stereocenters. The van der Waals surface area contributed by atoms with Gasteiger partial charge in [0.25, 0.3) is 0 Å². The summed E-state index contributed by atoms with van der Waals surface area (Å²) in [6, 6.07) is 8.85. The highest BCUT2D eigenvalue weighted by molar-refractivity contribution is 5.67. The number of carbonyl (C=O) groups is 1. The van der Waals surface area contributed by atoms with Crippen molar-refractivity contribution in [2.45, 2.75) is 58.6 Å². The summed E-state index contributed by atoms with van der Waals surface area (Å²) in [5.41, 5.74) is 1.97. The first-order valence-corrected chi connectivity index (χ1v) is 8.13. The fourth-order valence-electron chi connectivity index (χ4n) is 2.95. The van der Waals surface area contributed by atoms with Gasteiger partial charge in [-0.15, -0.1) is 0 Å². The van der Waals surface area contributed by atoms with Gasteiger partial charge >= 0.3 is 6.09 Å². The molecule has 0 heterocycles. The van der Waals surface area contributed by atoms with Crippen LogP contribution in [-0.2, 0) is 4.74 Å². The Morgan fingerprint density at radius 3 is 2.77 bits per heavy atom. The molecule has 1 aromatic carbocycles. The number of benzene rings is 1. The molecule has 2 N–H and O–H groups in total. The summed E-state index contributed by atoms with van der Waals surface area (Å²) < 4.78 is 5.30. The molecule has 1 aromatic rings. The Kier molecular flexibility index (Phi) is 5.33. The third kappa shape index (κ3) is 5.24. The molecule has 0 saturated heterocycles. The summed E-state index contributed by atoms with van der Waals surface area (Å²) in [6.45, 7) is 8.40. The van der Waals surface area contributed by atoms with Crippen LogP contribution in [0.25, 0.3) is 0 Å². The number of rotatable bonds is 4. The van der Waals surface area contributed by atoms with Crippen molar-refractivity contribution >= 4 is 11.8 Å². The van der Waals surface area contributed by atoms with Gasteiger partial charge in [0.05, 0.1) is 0 Å². The second kappa shape index (κ2) is 7.03. The van der Waals surface area contributed by atoms with Crippen LogP contribution in [0.5, 0.6) is 0 Å². The second-order valence-corrected chi connectivity index (χ2v) is 7.19. The minimum absolute atomic E-state index is 0.325. The van der Waals surface area contributed by atoms with E-state index in [4.69, 9.17) is 4.74 Å².